The molecule has 8 heteroatoms. The molecule has 178 valence electrons. The van der Waals surface area contributed by atoms with Crippen molar-refractivity contribution >= 4 is 32.6 Å². The summed E-state index contributed by atoms with van der Waals surface area (Å²) in [6.45, 7) is 7.41. The molecule has 0 bridgehead atoms. The standard InChI is InChI=1S/C26H28N2O4S2/c1-18-14-16-20(17-15-18)34(31,32)28-22-13-9-8-12-21(22)24(27-33(30)26(2,3)4)23(25(28)29)19-10-6-5-7-11-19/h5-17,23-24,27H,1-4H3/t23-,24+,33-/m1/s1. The van der Waals surface area contributed by atoms with Crippen molar-refractivity contribution in [2.45, 2.75) is 49.3 Å². The lowest BCUT2D eigenvalue weighted by molar-refractivity contribution is -0.119. The van der Waals surface area contributed by atoms with Crippen molar-refractivity contribution in [1.29, 1.82) is 0 Å². The molecule has 0 radical (unpaired) electrons. The number of sulfonamides is 1. The van der Waals surface area contributed by atoms with Crippen molar-refractivity contribution in [3.63, 3.8) is 0 Å². The first-order valence-electron chi connectivity index (χ1n) is 11.0. The lowest BCUT2D eigenvalue weighted by atomic mass is 9.83. The average Bonchev–Trinajstić information content (AvgIpc) is 2.79. The molecule has 1 heterocycles. The maximum Gasteiger partial charge on any atom is 0.270 e. The van der Waals surface area contributed by atoms with Crippen LogP contribution in [0.1, 0.15) is 49.4 Å². The van der Waals surface area contributed by atoms with Gasteiger partial charge in [0.1, 0.15) is 0 Å². The van der Waals surface area contributed by atoms with Crippen LogP contribution in [-0.2, 0) is 25.8 Å². The third kappa shape index (κ3) is 4.45. The summed E-state index contributed by atoms with van der Waals surface area (Å²) in [5.41, 5.74) is 2.43. The Morgan fingerprint density at radius 3 is 2.09 bits per heavy atom. The van der Waals surface area contributed by atoms with Gasteiger partial charge >= 0.3 is 0 Å². The SMILES string of the molecule is Cc1ccc(S(=O)(=O)N2C(=O)[C@H](c3ccccc3)[C@@H](N[S@](=O)C(C)(C)C)c3ccccc32)cc1. The molecule has 4 rings (SSSR count). The van der Waals surface area contributed by atoms with E-state index < -0.39 is 43.6 Å². The van der Waals surface area contributed by atoms with E-state index >= 15 is 0 Å². The highest BCUT2D eigenvalue weighted by atomic mass is 32.2. The first-order chi connectivity index (χ1) is 16.0. The lowest BCUT2D eigenvalue weighted by Gasteiger charge is -2.39. The summed E-state index contributed by atoms with van der Waals surface area (Å²) >= 11 is 0. The molecule has 0 spiro atoms. The number of nitrogens with zero attached hydrogens (tertiary/aromatic N) is 1. The van der Waals surface area contributed by atoms with Gasteiger partial charge in [-0.25, -0.2) is 21.7 Å². The first kappa shape index (κ1) is 24.3. The highest BCUT2D eigenvalue weighted by molar-refractivity contribution is 7.93. The smallest absolute Gasteiger partial charge is 0.270 e. The fourth-order valence-electron chi connectivity index (χ4n) is 3.99. The molecule has 0 saturated heterocycles. The molecular weight excluding hydrogens is 468 g/mol. The van der Waals surface area contributed by atoms with E-state index in [0.717, 1.165) is 9.87 Å². The summed E-state index contributed by atoms with van der Waals surface area (Å²) in [6.07, 6.45) is 0. The van der Waals surface area contributed by atoms with Crippen molar-refractivity contribution in [1.82, 2.24) is 4.72 Å². The molecule has 0 saturated carbocycles. The van der Waals surface area contributed by atoms with Crippen LogP contribution in [0, 0.1) is 6.92 Å². The molecule has 3 aromatic rings. The summed E-state index contributed by atoms with van der Waals surface area (Å²) < 4.78 is 44.1. The quantitative estimate of drug-likeness (QED) is 0.559. The summed E-state index contributed by atoms with van der Waals surface area (Å²) in [4.78, 5) is 14.1. The number of rotatable bonds is 5. The Kier molecular flexibility index (Phi) is 6.50. The largest absolute Gasteiger partial charge is 0.273 e. The molecule has 0 unspecified atom stereocenters. The van der Waals surface area contributed by atoms with Crippen LogP contribution in [0.25, 0.3) is 0 Å². The van der Waals surface area contributed by atoms with E-state index in [9.17, 15) is 17.4 Å². The monoisotopic (exact) mass is 496 g/mol. The zero-order chi connectivity index (χ0) is 24.7. The van der Waals surface area contributed by atoms with E-state index in [4.69, 9.17) is 0 Å². The fourth-order valence-corrected chi connectivity index (χ4v) is 6.30. The van der Waals surface area contributed by atoms with Gasteiger partial charge in [-0.15, -0.1) is 0 Å². The van der Waals surface area contributed by atoms with Gasteiger partial charge in [0.25, 0.3) is 15.9 Å². The number of carbonyl (C=O) groups excluding carboxylic acids is 1. The van der Waals surface area contributed by atoms with Crippen LogP contribution < -0.4 is 9.03 Å². The van der Waals surface area contributed by atoms with Crippen molar-refractivity contribution in [2.24, 2.45) is 0 Å². The molecule has 0 fully saturated rings. The van der Waals surface area contributed by atoms with Crippen LogP contribution in [0.3, 0.4) is 0 Å². The summed E-state index contributed by atoms with van der Waals surface area (Å²) in [6, 6.07) is 21.7. The van der Waals surface area contributed by atoms with Crippen LogP contribution in [0.2, 0.25) is 0 Å². The number of hydrogen-bond acceptors (Lipinski definition) is 4. The van der Waals surface area contributed by atoms with Gasteiger partial charge in [-0.05, 0) is 57.0 Å². The third-order valence-corrected chi connectivity index (χ3v) is 9.10. The number of hydrogen-bond donors (Lipinski definition) is 1. The van der Waals surface area contributed by atoms with Crippen molar-refractivity contribution in [2.75, 3.05) is 4.31 Å². The summed E-state index contributed by atoms with van der Waals surface area (Å²) in [5, 5.41) is 0. The van der Waals surface area contributed by atoms with Gasteiger partial charge in [-0.3, -0.25) is 4.79 Å². The Bertz CT molecular complexity index is 1330. The normalized spacial score (nSPS) is 19.5. The van der Waals surface area contributed by atoms with Gasteiger partial charge < -0.3 is 0 Å². The van der Waals surface area contributed by atoms with E-state index in [1.165, 1.54) is 12.1 Å². The molecule has 1 aliphatic rings. The van der Waals surface area contributed by atoms with Crippen molar-refractivity contribution in [3.8, 4) is 0 Å². The van der Waals surface area contributed by atoms with E-state index in [2.05, 4.69) is 4.72 Å². The molecule has 0 aliphatic carbocycles. The second-order valence-corrected chi connectivity index (χ2v) is 13.1. The maximum absolute atomic E-state index is 14.0. The molecule has 3 atom stereocenters. The minimum absolute atomic E-state index is 0.0396. The zero-order valence-corrected chi connectivity index (χ0v) is 21.2. The first-order valence-corrected chi connectivity index (χ1v) is 13.6. The van der Waals surface area contributed by atoms with Gasteiger partial charge in [-0.1, -0.05) is 66.2 Å². The Balaban J connectivity index is 1.93. The third-order valence-electron chi connectivity index (χ3n) is 5.80. The molecule has 3 aromatic carbocycles. The van der Waals surface area contributed by atoms with Gasteiger partial charge in [0, 0.05) is 0 Å². The highest BCUT2D eigenvalue weighted by Crippen LogP contribution is 2.45. The molecule has 0 aromatic heterocycles. The minimum Gasteiger partial charge on any atom is -0.273 e. The van der Waals surface area contributed by atoms with Crippen LogP contribution in [0.5, 0.6) is 0 Å². The van der Waals surface area contributed by atoms with E-state index in [0.29, 0.717) is 11.1 Å². The molecular formula is C26H28N2O4S2. The Hall–Kier alpha value is -2.81. The molecule has 1 N–H and O–H groups in total. The van der Waals surface area contributed by atoms with Gasteiger partial charge in [0.2, 0.25) is 0 Å². The predicted molar refractivity (Wildman–Crippen MR) is 135 cm³/mol. The summed E-state index contributed by atoms with van der Waals surface area (Å²) in [5.74, 6) is -1.48. The van der Waals surface area contributed by atoms with Gasteiger partial charge in [0.15, 0.2) is 0 Å². The topological polar surface area (TPSA) is 83.6 Å². The zero-order valence-electron chi connectivity index (χ0n) is 19.6. The van der Waals surface area contributed by atoms with Crippen LogP contribution in [0.15, 0.2) is 83.8 Å². The molecule has 1 amide bonds. The second-order valence-electron chi connectivity index (χ2n) is 9.34. The summed E-state index contributed by atoms with van der Waals surface area (Å²) in [7, 11) is -5.68. The molecule has 1 aliphatic heterocycles. The lowest BCUT2D eigenvalue weighted by Crippen LogP contribution is -2.50. The average molecular weight is 497 g/mol. The molecule has 6 nitrogen and oxygen atoms in total. The maximum atomic E-state index is 14.0. The van der Waals surface area contributed by atoms with E-state index in [-0.39, 0.29) is 10.6 Å². The van der Waals surface area contributed by atoms with Gasteiger partial charge in [0.05, 0.1) is 38.3 Å². The minimum atomic E-state index is -4.18. The van der Waals surface area contributed by atoms with Crippen molar-refractivity contribution < 1.29 is 17.4 Å². The predicted octanol–water partition coefficient (Wildman–Crippen LogP) is 4.61. The van der Waals surface area contributed by atoms with Crippen LogP contribution in [0.4, 0.5) is 5.69 Å². The fraction of sp³-hybridized carbons (Fsp3) is 0.269. The Morgan fingerprint density at radius 2 is 1.47 bits per heavy atom. The number of carbonyl (C=O) groups is 1. The number of nitrogens with one attached hydrogen (secondary N) is 1. The number of benzene rings is 3. The van der Waals surface area contributed by atoms with Crippen LogP contribution >= 0.6 is 0 Å². The number of para-hydroxylation sites is 1. The van der Waals surface area contributed by atoms with Crippen LogP contribution in [-0.4, -0.2) is 23.3 Å². The number of amides is 1. The molecule has 34 heavy (non-hydrogen) atoms. The number of fused-ring (bicyclic) bond motifs is 1. The number of aryl methyl sites for hydroxylation is 1. The Morgan fingerprint density at radius 1 is 0.882 bits per heavy atom. The second kappa shape index (κ2) is 9.09. The number of anilines is 1. The highest BCUT2D eigenvalue weighted by Gasteiger charge is 2.47. The Labute approximate surface area is 203 Å². The van der Waals surface area contributed by atoms with E-state index in [1.807, 2.05) is 33.8 Å². The van der Waals surface area contributed by atoms with Gasteiger partial charge in [-0.2, -0.15) is 0 Å². The van der Waals surface area contributed by atoms with Crippen molar-refractivity contribution in [3.05, 3.63) is 95.6 Å². The van der Waals surface area contributed by atoms with E-state index in [1.54, 1.807) is 60.7 Å².